The first kappa shape index (κ1) is 17.4. The quantitative estimate of drug-likeness (QED) is 0.670. The van der Waals surface area contributed by atoms with E-state index < -0.39 is 0 Å². The molecule has 3 nitrogen and oxygen atoms in total. The van der Waals surface area contributed by atoms with Crippen molar-refractivity contribution >= 4 is 5.91 Å². The van der Waals surface area contributed by atoms with Crippen LogP contribution in [0.4, 0.5) is 4.39 Å². The number of nitrogens with zero attached hydrogens (tertiary/aromatic N) is 2. The average Bonchev–Trinajstić information content (AvgIpc) is 3.18. The molecule has 2 heterocycles. The fourth-order valence-corrected chi connectivity index (χ4v) is 3.70. The lowest BCUT2D eigenvalue weighted by Gasteiger charge is -2.24. The van der Waals surface area contributed by atoms with Crippen molar-refractivity contribution in [3.8, 4) is 0 Å². The van der Waals surface area contributed by atoms with E-state index in [1.165, 1.54) is 12.1 Å². The highest BCUT2D eigenvalue weighted by Crippen LogP contribution is 2.32. The Labute approximate surface area is 158 Å². The van der Waals surface area contributed by atoms with Gasteiger partial charge in [0, 0.05) is 24.2 Å². The summed E-state index contributed by atoms with van der Waals surface area (Å²) in [6.45, 7) is 0.744. The highest BCUT2D eigenvalue weighted by molar-refractivity contribution is 5.94. The second-order valence-electron chi connectivity index (χ2n) is 6.88. The molecule has 0 spiro atoms. The van der Waals surface area contributed by atoms with E-state index in [0.717, 1.165) is 36.3 Å². The average molecular weight is 360 g/mol. The monoisotopic (exact) mass is 360 g/mol. The van der Waals surface area contributed by atoms with Gasteiger partial charge in [-0.2, -0.15) is 0 Å². The number of pyridine rings is 1. The molecule has 1 fully saturated rings. The van der Waals surface area contributed by atoms with Gasteiger partial charge >= 0.3 is 0 Å². The van der Waals surface area contributed by atoms with Crippen molar-refractivity contribution in [1.29, 1.82) is 0 Å². The third-order valence-electron chi connectivity index (χ3n) is 4.98. The van der Waals surface area contributed by atoms with Crippen LogP contribution in [0.5, 0.6) is 0 Å². The number of likely N-dealkylation sites (tertiary alicyclic amines) is 1. The summed E-state index contributed by atoms with van der Waals surface area (Å²) in [6, 6.07) is 21.9. The molecule has 3 aromatic rings. The van der Waals surface area contributed by atoms with Crippen LogP contribution in [0.2, 0.25) is 0 Å². The Morgan fingerprint density at radius 3 is 2.67 bits per heavy atom. The fourth-order valence-electron chi connectivity index (χ4n) is 3.70. The second-order valence-corrected chi connectivity index (χ2v) is 6.88. The molecule has 27 heavy (non-hydrogen) atoms. The topological polar surface area (TPSA) is 33.2 Å². The molecule has 1 amide bonds. The molecule has 1 aliphatic heterocycles. The van der Waals surface area contributed by atoms with E-state index in [9.17, 15) is 9.18 Å². The fraction of sp³-hybridized carbons (Fsp3) is 0.217. The van der Waals surface area contributed by atoms with E-state index in [1.54, 1.807) is 6.07 Å². The van der Waals surface area contributed by atoms with Crippen molar-refractivity contribution in [2.45, 2.75) is 25.3 Å². The Morgan fingerprint density at radius 1 is 1.04 bits per heavy atom. The number of carbonyl (C=O) groups is 1. The van der Waals surface area contributed by atoms with Gasteiger partial charge in [-0.3, -0.25) is 9.78 Å². The Kier molecular flexibility index (Phi) is 4.97. The van der Waals surface area contributed by atoms with Crippen molar-refractivity contribution in [2.24, 2.45) is 0 Å². The predicted molar refractivity (Wildman–Crippen MR) is 103 cm³/mol. The summed E-state index contributed by atoms with van der Waals surface area (Å²) in [6.07, 6.45) is 2.46. The molecule has 0 bridgehead atoms. The lowest BCUT2D eigenvalue weighted by Crippen LogP contribution is -2.31. The zero-order chi connectivity index (χ0) is 18.6. The summed E-state index contributed by atoms with van der Waals surface area (Å²) in [5, 5.41) is 0. The van der Waals surface area contributed by atoms with Crippen LogP contribution >= 0.6 is 0 Å². The van der Waals surface area contributed by atoms with Gasteiger partial charge in [-0.25, -0.2) is 4.39 Å². The summed E-state index contributed by atoms with van der Waals surface area (Å²) >= 11 is 0. The van der Waals surface area contributed by atoms with Gasteiger partial charge in [-0.1, -0.05) is 36.4 Å². The normalized spacial score (nSPS) is 16.5. The molecule has 0 radical (unpaired) electrons. The van der Waals surface area contributed by atoms with Gasteiger partial charge in [0.25, 0.3) is 5.91 Å². The number of halogens is 1. The van der Waals surface area contributed by atoms with E-state index >= 15 is 0 Å². The van der Waals surface area contributed by atoms with Crippen LogP contribution in [0, 0.1) is 5.82 Å². The molecule has 1 aromatic heterocycles. The van der Waals surface area contributed by atoms with Crippen LogP contribution in [0.1, 0.15) is 46.2 Å². The third kappa shape index (κ3) is 3.90. The number of amides is 1. The Hall–Kier alpha value is -3.01. The molecule has 0 aliphatic carbocycles. The van der Waals surface area contributed by atoms with Crippen molar-refractivity contribution in [2.75, 3.05) is 6.54 Å². The molecule has 0 saturated carbocycles. The van der Waals surface area contributed by atoms with E-state index in [-0.39, 0.29) is 17.8 Å². The maximum atomic E-state index is 13.4. The van der Waals surface area contributed by atoms with Gasteiger partial charge < -0.3 is 4.90 Å². The standard InChI is InChI=1S/C23H21FN2O/c24-19-10-4-7-17(15-19)16-20-11-5-12-21(25-20)22-13-6-14-26(22)23(27)18-8-2-1-3-9-18/h1-5,7-12,15,22H,6,13-14,16H2. The van der Waals surface area contributed by atoms with Gasteiger partial charge in [-0.15, -0.1) is 0 Å². The number of aromatic nitrogens is 1. The smallest absolute Gasteiger partial charge is 0.254 e. The largest absolute Gasteiger partial charge is 0.330 e. The highest BCUT2D eigenvalue weighted by Gasteiger charge is 2.31. The van der Waals surface area contributed by atoms with Gasteiger partial charge in [-0.05, 0) is 54.8 Å². The minimum Gasteiger partial charge on any atom is -0.330 e. The maximum Gasteiger partial charge on any atom is 0.254 e. The van der Waals surface area contributed by atoms with Gasteiger partial charge in [0.2, 0.25) is 0 Å². The Bertz CT molecular complexity index is 942. The lowest BCUT2D eigenvalue weighted by atomic mass is 10.1. The number of benzene rings is 2. The first-order valence-corrected chi connectivity index (χ1v) is 9.27. The van der Waals surface area contributed by atoms with Crippen LogP contribution in [0.3, 0.4) is 0 Å². The van der Waals surface area contributed by atoms with E-state index in [2.05, 4.69) is 0 Å². The van der Waals surface area contributed by atoms with Crippen LogP contribution in [0.25, 0.3) is 0 Å². The summed E-state index contributed by atoms with van der Waals surface area (Å²) in [5.41, 5.74) is 3.39. The van der Waals surface area contributed by atoms with Crippen molar-refractivity contribution in [3.63, 3.8) is 0 Å². The SMILES string of the molecule is O=C(c1ccccc1)N1CCCC1c1cccc(Cc2cccc(F)c2)n1. The van der Waals surface area contributed by atoms with Gasteiger partial charge in [0.05, 0.1) is 11.7 Å². The molecule has 0 N–H and O–H groups in total. The molecule has 4 heteroatoms. The molecule has 2 aromatic carbocycles. The Balaban J connectivity index is 1.56. The summed E-state index contributed by atoms with van der Waals surface area (Å²) in [4.78, 5) is 19.6. The van der Waals surface area contributed by atoms with Crippen LogP contribution in [0.15, 0.2) is 72.8 Å². The third-order valence-corrected chi connectivity index (χ3v) is 4.98. The number of hydrogen-bond acceptors (Lipinski definition) is 2. The minimum atomic E-state index is -0.237. The zero-order valence-electron chi connectivity index (χ0n) is 15.0. The van der Waals surface area contributed by atoms with Gasteiger partial charge in [0.15, 0.2) is 0 Å². The molecule has 136 valence electrons. The zero-order valence-corrected chi connectivity index (χ0v) is 15.0. The van der Waals surface area contributed by atoms with E-state index in [1.807, 2.05) is 59.5 Å². The predicted octanol–water partition coefficient (Wildman–Crippen LogP) is 4.79. The molecule has 1 atom stereocenters. The molecular formula is C23H21FN2O. The minimum absolute atomic E-state index is 0.00911. The number of rotatable bonds is 4. The first-order chi connectivity index (χ1) is 13.2. The maximum absolute atomic E-state index is 13.4. The first-order valence-electron chi connectivity index (χ1n) is 9.27. The lowest BCUT2D eigenvalue weighted by molar-refractivity contribution is 0.0733. The molecule has 4 rings (SSSR count). The summed E-state index contributed by atoms with van der Waals surface area (Å²) in [7, 11) is 0. The second kappa shape index (κ2) is 7.70. The number of carbonyl (C=O) groups excluding carboxylic acids is 1. The molecular weight excluding hydrogens is 339 g/mol. The highest BCUT2D eigenvalue weighted by atomic mass is 19.1. The van der Waals surface area contributed by atoms with Crippen LogP contribution in [-0.4, -0.2) is 22.3 Å². The van der Waals surface area contributed by atoms with E-state index in [0.29, 0.717) is 12.0 Å². The van der Waals surface area contributed by atoms with Gasteiger partial charge in [0.1, 0.15) is 5.82 Å². The van der Waals surface area contributed by atoms with Crippen molar-refractivity contribution < 1.29 is 9.18 Å². The van der Waals surface area contributed by atoms with Crippen molar-refractivity contribution in [3.05, 3.63) is 101 Å². The van der Waals surface area contributed by atoms with Crippen molar-refractivity contribution in [1.82, 2.24) is 9.88 Å². The number of hydrogen-bond donors (Lipinski definition) is 0. The van der Waals surface area contributed by atoms with E-state index in [4.69, 9.17) is 4.98 Å². The summed E-state index contributed by atoms with van der Waals surface area (Å²) < 4.78 is 13.4. The molecule has 1 saturated heterocycles. The summed E-state index contributed by atoms with van der Waals surface area (Å²) in [5.74, 6) is -0.186. The van der Waals surface area contributed by atoms with Crippen LogP contribution < -0.4 is 0 Å². The Morgan fingerprint density at radius 2 is 1.85 bits per heavy atom. The molecule has 1 unspecified atom stereocenters. The van der Waals surface area contributed by atoms with Crippen LogP contribution in [-0.2, 0) is 6.42 Å². The molecule has 1 aliphatic rings.